The number of Topliss-reactive ketones (excluding diaryl/α,β-unsaturated/α-hetero) is 1. The molecule has 1 saturated heterocycles. The van der Waals surface area contributed by atoms with E-state index in [0.717, 1.165) is 19.6 Å². The number of aliphatic hydroxyl groups excluding tert-OH is 1. The molecule has 0 aromatic heterocycles. The number of amides is 1. The SMILES string of the molecule is CCN(CC)CCCN1C(=O)C(=O)C(=C(O)c2cccc(OC)c2)C1c1ccc(Cl)c(Cl)c1. The number of methoxy groups -OCH3 is 1. The van der Waals surface area contributed by atoms with Crippen molar-refractivity contribution in [3.63, 3.8) is 0 Å². The van der Waals surface area contributed by atoms with Gasteiger partial charge in [-0.15, -0.1) is 0 Å². The molecule has 1 amide bonds. The molecule has 1 aliphatic heterocycles. The molecule has 1 heterocycles. The van der Waals surface area contributed by atoms with Gasteiger partial charge in [-0.05, 0) is 55.9 Å². The van der Waals surface area contributed by atoms with E-state index in [2.05, 4.69) is 18.7 Å². The molecule has 3 rings (SSSR count). The Hall–Kier alpha value is -2.54. The number of ether oxygens (including phenoxy) is 1. The molecule has 1 unspecified atom stereocenters. The molecule has 2 aromatic rings. The number of likely N-dealkylation sites (tertiary alicyclic amines) is 1. The van der Waals surface area contributed by atoms with Gasteiger partial charge >= 0.3 is 0 Å². The summed E-state index contributed by atoms with van der Waals surface area (Å²) < 4.78 is 5.24. The van der Waals surface area contributed by atoms with Crippen molar-refractivity contribution >= 4 is 40.7 Å². The van der Waals surface area contributed by atoms with E-state index < -0.39 is 17.7 Å². The van der Waals surface area contributed by atoms with Crippen molar-refractivity contribution < 1.29 is 19.4 Å². The highest BCUT2D eigenvalue weighted by Crippen LogP contribution is 2.41. The van der Waals surface area contributed by atoms with Crippen LogP contribution in [-0.2, 0) is 9.59 Å². The predicted octanol–water partition coefficient (Wildman–Crippen LogP) is 5.16. The minimum absolute atomic E-state index is 0.0227. The van der Waals surface area contributed by atoms with E-state index in [1.54, 1.807) is 42.5 Å². The third kappa shape index (κ3) is 5.35. The van der Waals surface area contributed by atoms with Crippen molar-refractivity contribution in [2.45, 2.75) is 26.3 Å². The van der Waals surface area contributed by atoms with Crippen LogP contribution in [0.4, 0.5) is 0 Å². The van der Waals surface area contributed by atoms with Crippen molar-refractivity contribution in [1.29, 1.82) is 0 Å². The van der Waals surface area contributed by atoms with Gasteiger partial charge in [0.1, 0.15) is 11.5 Å². The zero-order chi connectivity index (χ0) is 24.1. The van der Waals surface area contributed by atoms with E-state index in [1.165, 1.54) is 12.0 Å². The van der Waals surface area contributed by atoms with E-state index in [1.807, 2.05) is 0 Å². The molecule has 2 aromatic carbocycles. The Balaban J connectivity index is 2.07. The summed E-state index contributed by atoms with van der Waals surface area (Å²) in [6.07, 6.45) is 0.686. The van der Waals surface area contributed by atoms with Crippen molar-refractivity contribution in [3.8, 4) is 5.75 Å². The molecule has 1 fully saturated rings. The number of carbonyl (C=O) groups excluding carboxylic acids is 2. The molecule has 0 bridgehead atoms. The predicted molar refractivity (Wildman–Crippen MR) is 131 cm³/mol. The van der Waals surface area contributed by atoms with Crippen LogP contribution < -0.4 is 4.74 Å². The maximum Gasteiger partial charge on any atom is 0.295 e. The summed E-state index contributed by atoms with van der Waals surface area (Å²) in [5, 5.41) is 11.8. The second-order valence-corrected chi connectivity index (χ2v) is 8.59. The fraction of sp³-hybridized carbons (Fsp3) is 0.360. The van der Waals surface area contributed by atoms with Crippen LogP contribution in [0.15, 0.2) is 48.0 Å². The molecule has 6 nitrogen and oxygen atoms in total. The second kappa shape index (κ2) is 11.1. The first-order valence-electron chi connectivity index (χ1n) is 10.9. The van der Waals surface area contributed by atoms with E-state index in [0.29, 0.717) is 39.9 Å². The Morgan fingerprint density at radius 2 is 1.82 bits per heavy atom. The Morgan fingerprint density at radius 1 is 1.09 bits per heavy atom. The average Bonchev–Trinajstić information content (AvgIpc) is 3.08. The minimum atomic E-state index is -0.775. The number of rotatable bonds is 9. The van der Waals surface area contributed by atoms with Crippen molar-refractivity contribution in [3.05, 3.63) is 69.2 Å². The number of aliphatic hydroxyl groups is 1. The van der Waals surface area contributed by atoms with Gasteiger partial charge in [-0.25, -0.2) is 0 Å². The Labute approximate surface area is 204 Å². The standard InChI is InChI=1S/C25H28Cl2N2O4/c1-4-28(5-2)12-7-13-29-22(16-10-11-19(26)20(27)15-16)21(24(31)25(29)32)23(30)17-8-6-9-18(14-17)33-3/h6,8-11,14-15,22,30H,4-5,7,12-13H2,1-3H3. The van der Waals surface area contributed by atoms with Gasteiger partial charge in [0.05, 0.1) is 28.8 Å². The summed E-state index contributed by atoms with van der Waals surface area (Å²) in [5.41, 5.74) is 1.02. The lowest BCUT2D eigenvalue weighted by atomic mass is 9.95. The molecule has 1 N–H and O–H groups in total. The van der Waals surface area contributed by atoms with Gasteiger partial charge in [-0.3, -0.25) is 9.59 Å². The quantitative estimate of drug-likeness (QED) is 0.298. The second-order valence-electron chi connectivity index (χ2n) is 7.78. The molecule has 0 spiro atoms. The lowest BCUT2D eigenvalue weighted by Crippen LogP contribution is -2.33. The highest BCUT2D eigenvalue weighted by atomic mass is 35.5. The number of halogens is 2. The molecule has 33 heavy (non-hydrogen) atoms. The Morgan fingerprint density at radius 3 is 2.45 bits per heavy atom. The number of hydrogen-bond acceptors (Lipinski definition) is 5. The monoisotopic (exact) mass is 490 g/mol. The third-order valence-corrected chi connectivity index (χ3v) is 6.65. The topological polar surface area (TPSA) is 70.1 Å². The molecule has 1 aliphatic rings. The maximum atomic E-state index is 13.1. The van der Waals surface area contributed by atoms with E-state index >= 15 is 0 Å². The highest BCUT2D eigenvalue weighted by molar-refractivity contribution is 6.46. The molecule has 1 atom stereocenters. The first-order chi connectivity index (χ1) is 15.8. The summed E-state index contributed by atoms with van der Waals surface area (Å²) in [6.45, 7) is 7.13. The van der Waals surface area contributed by atoms with Crippen LogP contribution in [0.3, 0.4) is 0 Å². The highest BCUT2D eigenvalue weighted by Gasteiger charge is 2.46. The molecular formula is C25H28Cl2N2O4. The van der Waals surface area contributed by atoms with E-state index in [9.17, 15) is 14.7 Å². The number of carbonyl (C=O) groups is 2. The summed E-state index contributed by atoms with van der Waals surface area (Å²) in [7, 11) is 1.52. The van der Waals surface area contributed by atoms with Gasteiger partial charge in [0.25, 0.3) is 11.7 Å². The van der Waals surface area contributed by atoms with Crippen LogP contribution >= 0.6 is 23.2 Å². The van der Waals surface area contributed by atoms with E-state index in [-0.39, 0.29) is 11.3 Å². The van der Waals surface area contributed by atoms with Gasteiger partial charge < -0.3 is 19.6 Å². The van der Waals surface area contributed by atoms with Gasteiger partial charge in [0.2, 0.25) is 0 Å². The van der Waals surface area contributed by atoms with Crippen LogP contribution in [0, 0.1) is 0 Å². The maximum absolute atomic E-state index is 13.1. The van der Waals surface area contributed by atoms with Crippen LogP contribution in [-0.4, -0.2) is 59.9 Å². The minimum Gasteiger partial charge on any atom is -0.507 e. The molecule has 0 aliphatic carbocycles. The number of ketones is 1. The van der Waals surface area contributed by atoms with Gasteiger partial charge in [0.15, 0.2) is 0 Å². The Kier molecular flexibility index (Phi) is 8.40. The molecule has 0 saturated carbocycles. The molecule has 0 radical (unpaired) electrons. The van der Waals surface area contributed by atoms with Crippen molar-refractivity contribution in [2.24, 2.45) is 0 Å². The van der Waals surface area contributed by atoms with Crippen molar-refractivity contribution in [1.82, 2.24) is 9.80 Å². The zero-order valence-corrected chi connectivity index (χ0v) is 20.5. The molecule has 176 valence electrons. The summed E-state index contributed by atoms with van der Waals surface area (Å²) in [6, 6.07) is 10.9. The van der Waals surface area contributed by atoms with Crippen LogP contribution in [0.5, 0.6) is 5.75 Å². The summed E-state index contributed by atoms with van der Waals surface area (Å²) >= 11 is 12.4. The van der Waals surface area contributed by atoms with Crippen LogP contribution in [0.25, 0.3) is 5.76 Å². The van der Waals surface area contributed by atoms with Gasteiger partial charge in [-0.1, -0.05) is 55.2 Å². The Bertz CT molecular complexity index is 1070. The van der Waals surface area contributed by atoms with Gasteiger partial charge in [-0.2, -0.15) is 0 Å². The normalized spacial score (nSPS) is 17.8. The molecule has 8 heteroatoms. The first-order valence-corrected chi connectivity index (χ1v) is 11.7. The first kappa shape index (κ1) is 25.1. The lowest BCUT2D eigenvalue weighted by molar-refractivity contribution is -0.140. The fourth-order valence-electron chi connectivity index (χ4n) is 4.07. The van der Waals surface area contributed by atoms with E-state index in [4.69, 9.17) is 27.9 Å². The smallest absolute Gasteiger partial charge is 0.295 e. The average molecular weight is 491 g/mol. The van der Waals surface area contributed by atoms with Crippen LogP contribution in [0.1, 0.15) is 37.4 Å². The third-order valence-electron chi connectivity index (χ3n) is 5.91. The largest absolute Gasteiger partial charge is 0.507 e. The fourth-order valence-corrected chi connectivity index (χ4v) is 4.38. The van der Waals surface area contributed by atoms with Gasteiger partial charge in [0, 0.05) is 12.1 Å². The number of nitrogens with zero attached hydrogens (tertiary/aromatic N) is 2. The number of benzene rings is 2. The lowest BCUT2D eigenvalue weighted by Gasteiger charge is -2.27. The van der Waals surface area contributed by atoms with Crippen molar-refractivity contribution in [2.75, 3.05) is 33.3 Å². The summed E-state index contributed by atoms with van der Waals surface area (Å²) in [5.74, 6) is -1.10. The van der Waals surface area contributed by atoms with Crippen LogP contribution in [0.2, 0.25) is 10.0 Å². The molecular weight excluding hydrogens is 463 g/mol. The zero-order valence-electron chi connectivity index (χ0n) is 19.0. The summed E-state index contributed by atoms with van der Waals surface area (Å²) in [4.78, 5) is 29.9. The number of hydrogen-bond donors (Lipinski definition) is 1.